The summed E-state index contributed by atoms with van der Waals surface area (Å²) >= 11 is 12.9. The normalized spacial score (nSPS) is 25.1. The third-order valence-electron chi connectivity index (χ3n) is 10.3. The summed E-state index contributed by atoms with van der Waals surface area (Å²) in [5.41, 5.74) is 1.37. The van der Waals surface area contributed by atoms with Crippen molar-refractivity contribution < 1.29 is 29.3 Å². The van der Waals surface area contributed by atoms with Crippen LogP contribution in [-0.2, 0) is 20.9 Å². The van der Waals surface area contributed by atoms with E-state index in [1.54, 1.807) is 37.1 Å². The van der Waals surface area contributed by atoms with Gasteiger partial charge in [-0.1, -0.05) is 47.5 Å². The van der Waals surface area contributed by atoms with E-state index >= 15 is 0 Å². The number of hydrogen-bond acceptors (Lipinski definition) is 7. The number of methoxy groups -OCH3 is 1. The zero-order valence-corrected chi connectivity index (χ0v) is 28.1. The Morgan fingerprint density at radius 2 is 1.49 bits per heavy atom. The number of benzene rings is 2. The highest BCUT2D eigenvalue weighted by atomic mass is 35.5. The smallest absolute Gasteiger partial charge is 0.334 e. The monoisotopic (exact) mass is 682 g/mol. The van der Waals surface area contributed by atoms with Crippen molar-refractivity contribution in [3.63, 3.8) is 0 Å². The summed E-state index contributed by atoms with van der Waals surface area (Å²) in [6.45, 7) is 5.03. The topological polar surface area (TPSA) is 123 Å². The Bertz CT molecular complexity index is 1600. The molecule has 250 valence electrons. The van der Waals surface area contributed by atoms with Gasteiger partial charge in [-0.25, -0.2) is 9.59 Å². The summed E-state index contributed by atoms with van der Waals surface area (Å²) in [5.74, 6) is -3.18. The Hall–Kier alpha value is -3.57. The predicted octanol–water partition coefficient (Wildman–Crippen LogP) is 5.12. The van der Waals surface area contributed by atoms with E-state index < -0.39 is 17.9 Å². The Kier molecular flexibility index (Phi) is 9.85. The molecule has 3 fully saturated rings. The molecule has 0 aromatic heterocycles. The molecule has 3 unspecified atom stereocenters. The predicted molar refractivity (Wildman–Crippen MR) is 178 cm³/mol. The lowest BCUT2D eigenvalue weighted by molar-refractivity contribution is -0.133. The highest BCUT2D eigenvalue weighted by Gasteiger charge is 2.44. The largest absolute Gasteiger partial charge is 0.496 e. The van der Waals surface area contributed by atoms with Gasteiger partial charge in [0.1, 0.15) is 5.75 Å². The molecule has 6 rings (SSSR count). The number of carbonyl (C=O) groups excluding carboxylic acids is 1. The number of nitrogens with zero attached hydrogens (tertiary/aromatic N) is 3. The minimum Gasteiger partial charge on any atom is -0.496 e. The molecule has 4 aliphatic rings. The molecule has 3 saturated heterocycles. The standard InChI is InChI=1S/C35H40Cl2N4O6/c1-20-30(34(43)44)33(31-25(36)7-5-8-26(31)37)32(35(45)46)27(38-20)18-29(42)40-14-12-39(13-15-40)24-16-22-10-11-23(17-24)41(22)19-21-6-3-4-9-28(21)47-2/h3-9,22-24,33,38H,10-19H2,1-2H3,(H,43,44)(H,45,46). The van der Waals surface area contributed by atoms with Gasteiger partial charge in [-0.05, 0) is 50.8 Å². The van der Waals surface area contributed by atoms with Crippen molar-refractivity contribution in [3.05, 3.63) is 86.2 Å². The zero-order chi connectivity index (χ0) is 33.4. The molecule has 0 radical (unpaired) electrons. The first-order valence-corrected chi connectivity index (χ1v) is 16.8. The van der Waals surface area contributed by atoms with E-state index in [9.17, 15) is 24.6 Å². The minimum absolute atomic E-state index is 0.146. The Balaban J connectivity index is 1.12. The number of aliphatic carboxylic acids is 2. The molecule has 0 spiro atoms. The summed E-state index contributed by atoms with van der Waals surface area (Å²) in [4.78, 5) is 45.6. The Morgan fingerprint density at radius 1 is 0.872 bits per heavy atom. The number of fused-ring (bicyclic) bond motifs is 2. The summed E-state index contributed by atoms with van der Waals surface area (Å²) in [5, 5.41) is 23.7. The number of nitrogens with one attached hydrogen (secondary N) is 1. The second-order valence-electron chi connectivity index (χ2n) is 12.8. The van der Waals surface area contributed by atoms with Gasteiger partial charge in [-0.15, -0.1) is 0 Å². The quantitative estimate of drug-likeness (QED) is 0.331. The molecule has 47 heavy (non-hydrogen) atoms. The molecule has 2 aromatic carbocycles. The molecule has 0 saturated carbocycles. The molecule has 4 aliphatic heterocycles. The van der Waals surface area contributed by atoms with E-state index in [0.717, 1.165) is 38.2 Å². The molecular formula is C35H40Cl2N4O6. The van der Waals surface area contributed by atoms with Crippen LogP contribution in [0, 0.1) is 0 Å². The van der Waals surface area contributed by atoms with E-state index in [0.29, 0.717) is 31.2 Å². The van der Waals surface area contributed by atoms with Crippen LogP contribution in [-0.4, -0.2) is 94.2 Å². The molecule has 2 bridgehead atoms. The number of piperazine rings is 1. The van der Waals surface area contributed by atoms with E-state index in [2.05, 4.69) is 27.2 Å². The third kappa shape index (κ3) is 6.61. The molecule has 3 atom stereocenters. The maximum absolute atomic E-state index is 13.6. The molecule has 3 N–H and O–H groups in total. The van der Waals surface area contributed by atoms with Crippen molar-refractivity contribution in [2.45, 2.75) is 69.6 Å². The number of carbonyl (C=O) groups is 3. The Labute approximate surface area is 284 Å². The van der Waals surface area contributed by atoms with Gasteiger partial charge in [-0.3, -0.25) is 14.6 Å². The van der Waals surface area contributed by atoms with Gasteiger partial charge >= 0.3 is 11.9 Å². The number of carboxylic acids is 2. The first kappa shape index (κ1) is 33.3. The molecule has 12 heteroatoms. The molecule has 1 amide bonds. The van der Waals surface area contributed by atoms with Gasteiger partial charge < -0.3 is 25.2 Å². The molecule has 2 aromatic rings. The van der Waals surface area contributed by atoms with Gasteiger partial charge in [-0.2, -0.15) is 0 Å². The van der Waals surface area contributed by atoms with Crippen molar-refractivity contribution in [1.82, 2.24) is 20.0 Å². The second kappa shape index (κ2) is 13.9. The lowest BCUT2D eigenvalue weighted by Crippen LogP contribution is -2.56. The van der Waals surface area contributed by atoms with E-state index in [-0.39, 0.29) is 50.5 Å². The number of rotatable bonds is 9. The summed E-state index contributed by atoms with van der Waals surface area (Å²) < 4.78 is 5.60. The highest BCUT2D eigenvalue weighted by Crippen LogP contribution is 2.45. The lowest BCUT2D eigenvalue weighted by Gasteiger charge is -2.46. The van der Waals surface area contributed by atoms with E-state index in [4.69, 9.17) is 27.9 Å². The average Bonchev–Trinajstić information content (AvgIpc) is 3.25. The fraction of sp³-hybridized carbons (Fsp3) is 0.457. The second-order valence-corrected chi connectivity index (χ2v) is 13.6. The van der Waals surface area contributed by atoms with Crippen molar-refractivity contribution >= 4 is 41.0 Å². The number of carboxylic acid groups (broad SMARTS) is 2. The van der Waals surface area contributed by atoms with Crippen LogP contribution >= 0.6 is 23.2 Å². The molecule has 10 nitrogen and oxygen atoms in total. The third-order valence-corrected chi connectivity index (χ3v) is 11.0. The first-order valence-electron chi connectivity index (χ1n) is 16.1. The van der Waals surface area contributed by atoms with Crippen molar-refractivity contribution in [3.8, 4) is 5.75 Å². The van der Waals surface area contributed by atoms with E-state index in [1.807, 2.05) is 12.1 Å². The van der Waals surface area contributed by atoms with Gasteiger partial charge in [0.25, 0.3) is 0 Å². The van der Waals surface area contributed by atoms with Crippen LogP contribution in [0.15, 0.2) is 65.0 Å². The van der Waals surface area contributed by atoms with Gasteiger partial charge in [0.05, 0.1) is 30.6 Å². The van der Waals surface area contributed by atoms with Crippen molar-refractivity contribution in [2.24, 2.45) is 0 Å². The number of dihydropyridines is 1. The van der Waals surface area contributed by atoms with Crippen LogP contribution in [0.1, 0.15) is 56.1 Å². The van der Waals surface area contributed by atoms with Crippen LogP contribution in [0.5, 0.6) is 5.75 Å². The number of piperidine rings is 1. The fourth-order valence-corrected chi connectivity index (χ4v) is 8.69. The fourth-order valence-electron chi connectivity index (χ4n) is 8.08. The van der Waals surface area contributed by atoms with Crippen LogP contribution in [0.3, 0.4) is 0 Å². The maximum atomic E-state index is 13.6. The summed E-state index contributed by atoms with van der Waals surface area (Å²) in [6.07, 6.45) is 4.38. The Morgan fingerprint density at radius 3 is 2.09 bits per heavy atom. The van der Waals surface area contributed by atoms with Gasteiger partial charge in [0, 0.05) is 83.4 Å². The first-order chi connectivity index (χ1) is 22.6. The summed E-state index contributed by atoms with van der Waals surface area (Å²) in [7, 11) is 1.72. The average molecular weight is 684 g/mol. The van der Waals surface area contributed by atoms with Gasteiger partial charge in [0.2, 0.25) is 5.91 Å². The SMILES string of the molecule is COc1ccccc1CN1C2CCC1CC(N1CCN(C(=O)CC3=C(C(=O)O)C(c4c(Cl)cccc4Cl)C(C(=O)O)=C(C)N3)CC1)C2. The number of amides is 1. The van der Waals surface area contributed by atoms with Crippen molar-refractivity contribution in [2.75, 3.05) is 33.3 Å². The number of ether oxygens (including phenoxy) is 1. The number of para-hydroxylation sites is 1. The maximum Gasteiger partial charge on any atom is 0.334 e. The molecule has 4 heterocycles. The number of allylic oxidation sites excluding steroid dienone is 1. The van der Waals surface area contributed by atoms with Crippen LogP contribution in [0.25, 0.3) is 0 Å². The molecule has 0 aliphatic carbocycles. The lowest BCUT2D eigenvalue weighted by atomic mass is 9.79. The summed E-state index contributed by atoms with van der Waals surface area (Å²) in [6, 6.07) is 14.4. The highest BCUT2D eigenvalue weighted by molar-refractivity contribution is 6.36. The van der Waals surface area contributed by atoms with Gasteiger partial charge in [0.15, 0.2) is 0 Å². The van der Waals surface area contributed by atoms with E-state index in [1.165, 1.54) is 18.4 Å². The van der Waals surface area contributed by atoms with Crippen LogP contribution in [0.4, 0.5) is 0 Å². The molecular weight excluding hydrogens is 643 g/mol. The zero-order valence-electron chi connectivity index (χ0n) is 26.5. The van der Waals surface area contributed by atoms with Crippen LogP contribution < -0.4 is 10.1 Å². The number of halogens is 2. The minimum atomic E-state index is -1.34. The van der Waals surface area contributed by atoms with Crippen LogP contribution in [0.2, 0.25) is 10.0 Å². The number of hydrogen-bond donors (Lipinski definition) is 3. The van der Waals surface area contributed by atoms with Crippen molar-refractivity contribution in [1.29, 1.82) is 0 Å².